The highest BCUT2D eigenvalue weighted by Gasteiger charge is 2.23. The van der Waals surface area contributed by atoms with E-state index in [0.29, 0.717) is 12.3 Å². The summed E-state index contributed by atoms with van der Waals surface area (Å²) in [5.74, 6) is -0.0955. The van der Waals surface area contributed by atoms with Crippen LogP contribution in [0.25, 0.3) is 16.9 Å². The quantitative estimate of drug-likeness (QED) is 0.799. The fourth-order valence-electron chi connectivity index (χ4n) is 2.65. The first-order valence-corrected chi connectivity index (χ1v) is 7.49. The number of hydrogen-bond donors (Lipinski definition) is 1. The van der Waals surface area contributed by atoms with Crippen molar-refractivity contribution in [3.05, 3.63) is 42.7 Å². The molecular formula is C16H15N5O2. The molecule has 116 valence electrons. The number of amides is 1. The first-order valence-electron chi connectivity index (χ1n) is 7.49. The van der Waals surface area contributed by atoms with E-state index in [1.54, 1.807) is 10.8 Å². The molecule has 7 heteroatoms. The van der Waals surface area contributed by atoms with Gasteiger partial charge in [0.1, 0.15) is 12.4 Å². The van der Waals surface area contributed by atoms with E-state index in [-0.39, 0.29) is 12.0 Å². The summed E-state index contributed by atoms with van der Waals surface area (Å²) in [4.78, 5) is 12.1. The molecule has 1 aromatic carbocycles. The third kappa shape index (κ3) is 2.78. The molecule has 0 aliphatic carbocycles. The maximum Gasteiger partial charge on any atom is 0.253 e. The van der Waals surface area contributed by atoms with Gasteiger partial charge in [-0.2, -0.15) is 9.61 Å². The first kappa shape index (κ1) is 13.8. The lowest BCUT2D eigenvalue weighted by Crippen LogP contribution is -2.26. The molecule has 0 unspecified atom stereocenters. The lowest BCUT2D eigenvalue weighted by Gasteiger charge is -2.11. The third-order valence-corrected chi connectivity index (χ3v) is 3.81. The van der Waals surface area contributed by atoms with Gasteiger partial charge >= 0.3 is 0 Å². The van der Waals surface area contributed by atoms with E-state index in [1.165, 1.54) is 0 Å². The van der Waals surface area contributed by atoms with E-state index in [0.717, 1.165) is 29.8 Å². The van der Waals surface area contributed by atoms with Crippen LogP contribution < -0.4 is 5.32 Å². The number of anilines is 1. The molecule has 0 bridgehead atoms. The molecule has 1 aliphatic heterocycles. The summed E-state index contributed by atoms with van der Waals surface area (Å²) in [5.41, 5.74) is 3.11. The summed E-state index contributed by atoms with van der Waals surface area (Å²) in [6.45, 7) is 0.654. The topological polar surface area (TPSA) is 81.4 Å². The van der Waals surface area contributed by atoms with E-state index < -0.39 is 0 Å². The van der Waals surface area contributed by atoms with Crippen molar-refractivity contribution in [2.24, 2.45) is 0 Å². The fraction of sp³-hybridized carbons (Fsp3) is 0.250. The third-order valence-electron chi connectivity index (χ3n) is 3.81. The smallest absolute Gasteiger partial charge is 0.253 e. The van der Waals surface area contributed by atoms with Gasteiger partial charge in [0, 0.05) is 17.9 Å². The number of nitrogens with one attached hydrogen (secondary N) is 1. The van der Waals surface area contributed by atoms with Crippen LogP contribution in [0.2, 0.25) is 0 Å². The lowest BCUT2D eigenvalue weighted by molar-refractivity contribution is -0.124. The molecule has 1 fully saturated rings. The molecule has 23 heavy (non-hydrogen) atoms. The minimum Gasteiger partial charge on any atom is -0.368 e. The van der Waals surface area contributed by atoms with Crippen molar-refractivity contribution in [1.82, 2.24) is 19.8 Å². The number of nitrogens with zero attached hydrogens (tertiary/aromatic N) is 4. The highest BCUT2D eigenvalue weighted by molar-refractivity contribution is 5.94. The molecule has 1 saturated heterocycles. The van der Waals surface area contributed by atoms with Crippen LogP contribution in [0.1, 0.15) is 12.8 Å². The van der Waals surface area contributed by atoms with Crippen molar-refractivity contribution >= 4 is 17.2 Å². The van der Waals surface area contributed by atoms with Crippen molar-refractivity contribution in [2.45, 2.75) is 18.9 Å². The molecule has 3 aromatic rings. The van der Waals surface area contributed by atoms with Gasteiger partial charge in [-0.25, -0.2) is 0 Å². The minimum absolute atomic E-state index is 0.0955. The van der Waals surface area contributed by atoms with E-state index in [4.69, 9.17) is 4.74 Å². The van der Waals surface area contributed by atoms with Gasteiger partial charge in [-0.15, -0.1) is 10.2 Å². The SMILES string of the molecule is O=C(Nc1cccc(-c2ccc3nncn3n2)c1)[C@H]1CCCO1. The summed E-state index contributed by atoms with van der Waals surface area (Å²) in [7, 11) is 0. The van der Waals surface area contributed by atoms with Crippen molar-refractivity contribution in [1.29, 1.82) is 0 Å². The fourth-order valence-corrected chi connectivity index (χ4v) is 2.65. The second kappa shape index (κ2) is 5.77. The normalized spacial score (nSPS) is 17.5. The molecule has 3 heterocycles. The van der Waals surface area contributed by atoms with Gasteiger partial charge in [-0.1, -0.05) is 12.1 Å². The van der Waals surface area contributed by atoms with Crippen molar-refractivity contribution in [3.63, 3.8) is 0 Å². The Bertz CT molecular complexity index is 854. The molecule has 1 N–H and O–H groups in total. The molecule has 1 atom stereocenters. The van der Waals surface area contributed by atoms with Crippen LogP contribution in [0.5, 0.6) is 0 Å². The van der Waals surface area contributed by atoms with Crippen LogP contribution in [0.15, 0.2) is 42.7 Å². The zero-order chi connectivity index (χ0) is 15.6. The van der Waals surface area contributed by atoms with Gasteiger partial charge < -0.3 is 10.1 Å². The van der Waals surface area contributed by atoms with E-state index in [1.807, 2.05) is 36.4 Å². The molecule has 4 rings (SSSR count). The highest BCUT2D eigenvalue weighted by Crippen LogP contribution is 2.22. The number of hydrogen-bond acceptors (Lipinski definition) is 5. The van der Waals surface area contributed by atoms with E-state index in [9.17, 15) is 4.79 Å². The Morgan fingerprint density at radius 2 is 2.26 bits per heavy atom. The number of aromatic nitrogens is 4. The predicted molar refractivity (Wildman–Crippen MR) is 83.8 cm³/mol. The summed E-state index contributed by atoms with van der Waals surface area (Å²) in [6.07, 6.45) is 2.92. The first-order chi connectivity index (χ1) is 11.3. The Balaban J connectivity index is 1.58. The van der Waals surface area contributed by atoms with Crippen LogP contribution in [-0.2, 0) is 9.53 Å². The predicted octanol–water partition coefficient (Wildman–Crippen LogP) is 1.91. The number of benzene rings is 1. The van der Waals surface area contributed by atoms with Crippen molar-refractivity contribution in [3.8, 4) is 11.3 Å². The summed E-state index contributed by atoms with van der Waals surface area (Å²) < 4.78 is 7.02. The molecule has 2 aromatic heterocycles. The van der Waals surface area contributed by atoms with Gasteiger partial charge in [0.25, 0.3) is 5.91 Å². The van der Waals surface area contributed by atoms with Crippen molar-refractivity contribution < 1.29 is 9.53 Å². The second-order valence-electron chi connectivity index (χ2n) is 5.42. The summed E-state index contributed by atoms with van der Waals surface area (Å²) in [6, 6.07) is 11.3. The Labute approximate surface area is 132 Å². The van der Waals surface area contributed by atoms with Gasteiger partial charge in [-0.05, 0) is 37.1 Å². The molecule has 7 nitrogen and oxygen atoms in total. The molecule has 1 amide bonds. The Hall–Kier alpha value is -2.80. The standard InChI is InChI=1S/C16H15N5O2/c22-16(14-5-2-8-23-14)18-12-4-1-3-11(9-12)13-6-7-15-19-17-10-21(15)20-13/h1,3-4,6-7,9-10,14H,2,5,8H2,(H,18,22)/t14-/m1/s1. The summed E-state index contributed by atoms with van der Waals surface area (Å²) >= 11 is 0. The average molecular weight is 309 g/mol. The van der Waals surface area contributed by atoms with E-state index >= 15 is 0 Å². The molecule has 0 spiro atoms. The van der Waals surface area contributed by atoms with Crippen LogP contribution in [0.3, 0.4) is 0 Å². The molecular weight excluding hydrogens is 294 g/mol. The number of fused-ring (bicyclic) bond motifs is 1. The van der Waals surface area contributed by atoms with Crippen LogP contribution in [-0.4, -0.2) is 38.4 Å². The second-order valence-corrected chi connectivity index (χ2v) is 5.42. The maximum absolute atomic E-state index is 12.1. The number of carbonyl (C=O) groups is 1. The number of rotatable bonds is 3. The molecule has 0 radical (unpaired) electrons. The maximum atomic E-state index is 12.1. The summed E-state index contributed by atoms with van der Waals surface area (Å²) in [5, 5.41) is 15.1. The van der Waals surface area contributed by atoms with Gasteiger partial charge in [0.15, 0.2) is 5.65 Å². The highest BCUT2D eigenvalue weighted by atomic mass is 16.5. The zero-order valence-electron chi connectivity index (χ0n) is 12.3. The number of carbonyl (C=O) groups excluding carboxylic acids is 1. The van der Waals surface area contributed by atoms with Gasteiger partial charge in [0.05, 0.1) is 5.69 Å². The van der Waals surface area contributed by atoms with Gasteiger partial charge in [-0.3, -0.25) is 4.79 Å². The Morgan fingerprint density at radius 1 is 1.30 bits per heavy atom. The number of ether oxygens (including phenoxy) is 1. The Morgan fingerprint density at radius 3 is 3.13 bits per heavy atom. The monoisotopic (exact) mass is 309 g/mol. The lowest BCUT2D eigenvalue weighted by atomic mass is 10.1. The minimum atomic E-state index is -0.342. The van der Waals surface area contributed by atoms with Crippen LogP contribution in [0, 0.1) is 0 Å². The molecule has 1 aliphatic rings. The zero-order valence-corrected chi connectivity index (χ0v) is 12.3. The van der Waals surface area contributed by atoms with Crippen molar-refractivity contribution in [2.75, 3.05) is 11.9 Å². The average Bonchev–Trinajstić information content (AvgIpc) is 3.26. The van der Waals surface area contributed by atoms with Crippen LogP contribution in [0.4, 0.5) is 5.69 Å². The molecule has 0 saturated carbocycles. The van der Waals surface area contributed by atoms with E-state index in [2.05, 4.69) is 20.6 Å². The van der Waals surface area contributed by atoms with Crippen LogP contribution >= 0.6 is 0 Å². The van der Waals surface area contributed by atoms with Gasteiger partial charge in [0.2, 0.25) is 0 Å². The largest absolute Gasteiger partial charge is 0.368 e. The Kier molecular flexibility index (Phi) is 3.47.